The Labute approximate surface area is 294 Å². The summed E-state index contributed by atoms with van der Waals surface area (Å²) >= 11 is 1.48. The number of hydrogen-bond acceptors (Lipinski definition) is 3. The number of rotatable bonds is 1. The molecule has 2 nitrogen and oxygen atoms in total. The number of alkyl halides is 8. The lowest BCUT2D eigenvalue weighted by atomic mass is 9.36. The molecule has 4 aromatic carbocycles. The summed E-state index contributed by atoms with van der Waals surface area (Å²) in [6.45, 7) is 13.8. The van der Waals surface area contributed by atoms with Crippen molar-refractivity contribution in [2.24, 2.45) is 0 Å². The number of aryl methyl sites for hydroxylation is 1. The average molecular weight is 726 g/mol. The van der Waals surface area contributed by atoms with Crippen LogP contribution in [0.5, 0.6) is 11.5 Å². The molecule has 12 heteroatoms. The van der Waals surface area contributed by atoms with Crippen LogP contribution in [-0.4, -0.2) is 18.6 Å². The molecule has 2 aliphatic heterocycles. The van der Waals surface area contributed by atoms with Crippen molar-refractivity contribution in [2.75, 3.05) is 4.90 Å². The molecule has 8 rings (SSSR count). The van der Waals surface area contributed by atoms with Crippen LogP contribution in [0.1, 0.15) is 69.4 Å². The van der Waals surface area contributed by atoms with E-state index in [-0.39, 0.29) is 16.5 Å². The molecule has 3 heterocycles. The highest BCUT2D eigenvalue weighted by molar-refractivity contribution is 7.33. The molecule has 1 aromatic heterocycles. The van der Waals surface area contributed by atoms with Gasteiger partial charge in [-0.25, -0.2) is 0 Å². The molecule has 0 saturated carbocycles. The normalized spacial score (nSPS) is 19.2. The zero-order valence-corrected chi connectivity index (χ0v) is 29.5. The van der Waals surface area contributed by atoms with Crippen molar-refractivity contribution < 1.29 is 39.9 Å². The molecule has 0 N–H and O–H groups in total. The van der Waals surface area contributed by atoms with Gasteiger partial charge in [-0.15, -0.1) is 11.3 Å². The van der Waals surface area contributed by atoms with Crippen molar-refractivity contribution in [3.8, 4) is 11.5 Å². The van der Waals surface area contributed by atoms with Crippen LogP contribution in [0.2, 0.25) is 0 Å². The first-order valence-corrected chi connectivity index (χ1v) is 17.3. The van der Waals surface area contributed by atoms with Crippen LogP contribution in [0.3, 0.4) is 0 Å². The van der Waals surface area contributed by atoms with Crippen LogP contribution in [0, 0.1) is 6.92 Å². The van der Waals surface area contributed by atoms with Crippen molar-refractivity contribution in [2.45, 2.75) is 83.0 Å². The van der Waals surface area contributed by atoms with Crippen molar-refractivity contribution in [1.29, 1.82) is 0 Å². The molecule has 0 bridgehead atoms. The number of thiophene rings is 1. The summed E-state index contributed by atoms with van der Waals surface area (Å²) < 4.78 is 128. The minimum absolute atomic E-state index is 0.159. The Kier molecular flexibility index (Phi) is 6.73. The minimum Gasteiger partial charge on any atom is -0.458 e. The summed E-state index contributed by atoms with van der Waals surface area (Å²) in [5.41, 5.74) is 0.967. The first kappa shape index (κ1) is 34.1. The SMILES string of the molecule is Cc1cc2c3c(c1)N(c1ccc4c(c1)C(F)(F)C(F)(F)C(F)(F)C4(F)F)c1c(sc4ccc(C(C)(C)C)cc14)B3c1cc(C(C)(C)C)ccc1O2. The molecule has 0 saturated heterocycles. The van der Waals surface area contributed by atoms with Gasteiger partial charge in [0.05, 0.1) is 5.69 Å². The first-order valence-electron chi connectivity index (χ1n) is 16.5. The van der Waals surface area contributed by atoms with E-state index in [1.807, 2.05) is 70.2 Å². The van der Waals surface area contributed by atoms with Gasteiger partial charge in [-0.2, -0.15) is 35.1 Å². The van der Waals surface area contributed by atoms with E-state index in [9.17, 15) is 17.6 Å². The lowest BCUT2D eigenvalue weighted by molar-refractivity contribution is -0.386. The van der Waals surface area contributed by atoms with E-state index in [1.54, 1.807) is 4.90 Å². The maximum absolute atomic E-state index is 15.5. The van der Waals surface area contributed by atoms with Gasteiger partial charge < -0.3 is 9.64 Å². The molecule has 0 unspecified atom stereocenters. The van der Waals surface area contributed by atoms with Crippen molar-refractivity contribution in [3.63, 3.8) is 0 Å². The second-order valence-corrected chi connectivity index (χ2v) is 17.0. The predicted octanol–water partition coefficient (Wildman–Crippen LogP) is 10.7. The molecule has 0 radical (unpaired) electrons. The fraction of sp³-hybridized carbons (Fsp3) is 0.333. The molecule has 0 spiro atoms. The smallest absolute Gasteiger partial charge is 0.382 e. The third kappa shape index (κ3) is 4.40. The van der Waals surface area contributed by atoms with Crippen molar-refractivity contribution >= 4 is 60.9 Å². The standard InChI is InChI=1S/C39H32BF8NOS/c1-19-14-27-31-29(15-19)50-28-12-8-21(35(5,6)7)17-26(28)40(31)33-32(23-16-20(34(2,3)4)9-13-30(23)51-33)49(27)22-10-11-24-25(18-22)37(43,44)39(47,48)38(45,46)36(24,41)42/h8-18H,1-7H3. The number of anilines is 3. The third-order valence-corrected chi connectivity index (χ3v) is 11.6. The number of benzene rings is 4. The summed E-state index contributed by atoms with van der Waals surface area (Å²) in [5.74, 6) is -22.7. The van der Waals surface area contributed by atoms with E-state index in [1.165, 1.54) is 11.3 Å². The van der Waals surface area contributed by atoms with Crippen molar-refractivity contribution in [3.05, 3.63) is 94.5 Å². The maximum Gasteiger partial charge on any atom is 0.382 e. The number of fused-ring (bicyclic) bond motifs is 7. The second kappa shape index (κ2) is 10.1. The highest BCUT2D eigenvalue weighted by Gasteiger charge is 2.85. The van der Waals surface area contributed by atoms with Gasteiger partial charge >= 0.3 is 23.7 Å². The quantitative estimate of drug-likeness (QED) is 0.123. The molecular weight excluding hydrogens is 693 g/mol. The van der Waals surface area contributed by atoms with Gasteiger partial charge in [-0.3, -0.25) is 0 Å². The largest absolute Gasteiger partial charge is 0.458 e. The fourth-order valence-electron chi connectivity index (χ4n) is 7.51. The molecule has 0 fully saturated rings. The number of halogens is 8. The lowest BCUT2D eigenvalue weighted by Crippen LogP contribution is -2.63. The van der Waals surface area contributed by atoms with Gasteiger partial charge in [0.2, 0.25) is 0 Å². The van der Waals surface area contributed by atoms with Gasteiger partial charge in [0.25, 0.3) is 6.71 Å². The molecule has 0 atom stereocenters. The Bertz CT molecular complexity index is 2320. The zero-order chi connectivity index (χ0) is 37.0. The van der Waals surface area contributed by atoms with Gasteiger partial charge in [0, 0.05) is 37.4 Å². The van der Waals surface area contributed by atoms with E-state index in [2.05, 4.69) is 26.8 Å². The Morgan fingerprint density at radius 3 is 1.92 bits per heavy atom. The molecule has 5 aromatic rings. The topological polar surface area (TPSA) is 12.5 Å². The summed E-state index contributed by atoms with van der Waals surface area (Å²) in [7, 11) is 0. The van der Waals surface area contributed by atoms with Gasteiger partial charge in [0.1, 0.15) is 11.5 Å². The third-order valence-electron chi connectivity index (χ3n) is 10.4. The van der Waals surface area contributed by atoms with Crippen molar-refractivity contribution in [1.82, 2.24) is 0 Å². The Morgan fingerprint density at radius 1 is 0.667 bits per heavy atom. The monoisotopic (exact) mass is 725 g/mol. The van der Waals surface area contributed by atoms with Gasteiger partial charge in [-0.05, 0) is 87.8 Å². The number of nitrogens with zero attached hydrogens (tertiary/aromatic N) is 1. The summed E-state index contributed by atoms with van der Waals surface area (Å²) in [6, 6.07) is 17.6. The lowest BCUT2D eigenvalue weighted by Gasteiger charge is -2.43. The van der Waals surface area contributed by atoms with E-state index < -0.39 is 41.5 Å². The molecule has 264 valence electrons. The number of hydrogen-bond donors (Lipinski definition) is 0. The van der Waals surface area contributed by atoms with Crippen LogP contribution in [0.15, 0.2) is 66.7 Å². The molecule has 0 amide bonds. The van der Waals surface area contributed by atoms with E-state index in [0.717, 1.165) is 43.1 Å². The first-order chi connectivity index (χ1) is 23.5. The Hall–Kier alpha value is -4.06. The van der Waals surface area contributed by atoms with E-state index in [4.69, 9.17) is 4.74 Å². The summed E-state index contributed by atoms with van der Waals surface area (Å²) in [4.78, 5) is 1.60. The van der Waals surface area contributed by atoms with E-state index >= 15 is 17.6 Å². The summed E-state index contributed by atoms with van der Waals surface area (Å²) in [5, 5.41) is 0.739. The highest BCUT2D eigenvalue weighted by Crippen LogP contribution is 2.65. The Morgan fingerprint density at radius 2 is 1.27 bits per heavy atom. The zero-order valence-electron chi connectivity index (χ0n) is 28.7. The van der Waals surface area contributed by atoms with Crippen LogP contribution < -0.4 is 25.3 Å². The minimum atomic E-state index is -6.37. The van der Waals surface area contributed by atoms with Crippen LogP contribution >= 0.6 is 11.3 Å². The second-order valence-electron chi connectivity index (χ2n) is 15.9. The maximum atomic E-state index is 15.5. The Balaban J connectivity index is 1.47. The van der Waals surface area contributed by atoms with Crippen LogP contribution in [0.25, 0.3) is 10.1 Å². The van der Waals surface area contributed by atoms with Gasteiger partial charge in [0.15, 0.2) is 0 Å². The van der Waals surface area contributed by atoms with Crippen LogP contribution in [-0.2, 0) is 22.7 Å². The predicted molar refractivity (Wildman–Crippen MR) is 187 cm³/mol. The number of ether oxygens (including phenoxy) is 1. The average Bonchev–Trinajstić information content (AvgIpc) is 3.41. The molecule has 51 heavy (non-hydrogen) atoms. The molecule has 1 aliphatic carbocycles. The molecular formula is C39H32BF8NOS. The molecule has 3 aliphatic rings. The highest BCUT2D eigenvalue weighted by atomic mass is 32.1. The van der Waals surface area contributed by atoms with Crippen LogP contribution in [0.4, 0.5) is 52.2 Å². The van der Waals surface area contributed by atoms with E-state index in [0.29, 0.717) is 40.5 Å². The van der Waals surface area contributed by atoms with Gasteiger partial charge in [-0.1, -0.05) is 65.8 Å². The fourth-order valence-corrected chi connectivity index (χ4v) is 8.81. The summed E-state index contributed by atoms with van der Waals surface area (Å²) in [6.07, 6.45) is 0.